The monoisotopic (exact) mass is 445 g/mol. The summed E-state index contributed by atoms with van der Waals surface area (Å²) in [7, 11) is 1.66. The Kier molecular flexibility index (Phi) is 6.60. The predicted molar refractivity (Wildman–Crippen MR) is 94.6 cm³/mol. The van der Waals surface area contributed by atoms with Crippen LogP contribution in [0.5, 0.6) is 0 Å². The van der Waals surface area contributed by atoms with Crippen LogP contribution in [0.4, 0.5) is 0 Å². The second kappa shape index (κ2) is 8.50. The van der Waals surface area contributed by atoms with E-state index >= 15 is 0 Å². The molecule has 0 atom stereocenters. The number of benzene rings is 2. The molecular weight excluding hydrogens is 429 g/mol. The zero-order chi connectivity index (χ0) is 19.3. The molecule has 2 aromatic carbocycles. The molecule has 3 N–H and O–H groups in total. The standard InChI is InChI=1S/C16H14ClN3O.H2O4Se/c1-18-15-10-20(21)16(11-5-3-2-4-6-11)13-9-12(17)7-8-14(13)19-15;1-5(2,3)4/h2-9,21H,10H2,1H3;(H2,1,2,3,4). The Morgan fingerprint density at radius 1 is 1.15 bits per heavy atom. The summed E-state index contributed by atoms with van der Waals surface area (Å²) in [6, 6.07) is 15.1. The van der Waals surface area contributed by atoms with Gasteiger partial charge < -0.3 is 0 Å². The van der Waals surface area contributed by atoms with Crippen LogP contribution in [0.1, 0.15) is 5.56 Å². The SMILES string of the molecule is CN=C1CN(O)C(c2ccccc2)=c2cc(Cl)ccc2=N1.O=[Se](=O)(O)O. The maximum atomic E-state index is 10.5. The number of hydrogen-bond donors (Lipinski definition) is 3. The van der Waals surface area contributed by atoms with E-state index in [0.717, 1.165) is 16.1 Å². The summed E-state index contributed by atoms with van der Waals surface area (Å²) in [5, 5.41) is 13.8. The molecule has 0 radical (unpaired) electrons. The third kappa shape index (κ3) is 5.70. The van der Waals surface area contributed by atoms with Crippen LogP contribution >= 0.6 is 11.6 Å². The molecule has 0 saturated heterocycles. The summed E-state index contributed by atoms with van der Waals surface area (Å²) < 4.78 is 31.9. The molecule has 10 heteroatoms. The van der Waals surface area contributed by atoms with Gasteiger partial charge in [-0.25, -0.2) is 10.1 Å². The molecule has 26 heavy (non-hydrogen) atoms. The summed E-state index contributed by atoms with van der Waals surface area (Å²) in [5.74, 6) is 0.562. The van der Waals surface area contributed by atoms with Gasteiger partial charge in [0.15, 0.2) is 0 Å². The number of hydrogen-bond acceptors (Lipinski definition) is 5. The second-order valence-corrected chi connectivity index (χ2v) is 7.45. The molecule has 1 aliphatic heterocycles. The maximum absolute atomic E-state index is 10.5. The number of fused-ring (bicyclic) bond motifs is 1. The minimum atomic E-state index is -5.25. The quantitative estimate of drug-likeness (QED) is 0.537. The molecule has 0 saturated carbocycles. The molecule has 0 aliphatic carbocycles. The second-order valence-electron chi connectivity index (χ2n) is 5.13. The molecule has 0 bridgehead atoms. The molecule has 1 heterocycles. The summed E-state index contributed by atoms with van der Waals surface area (Å²) in [6.45, 7) is 0.229. The van der Waals surface area contributed by atoms with Gasteiger partial charge in [0.2, 0.25) is 0 Å². The fraction of sp³-hybridized carbons (Fsp3) is 0.125. The molecule has 138 valence electrons. The van der Waals surface area contributed by atoms with Gasteiger partial charge in [0.1, 0.15) is 12.4 Å². The van der Waals surface area contributed by atoms with Gasteiger partial charge in [0.05, 0.1) is 11.1 Å². The van der Waals surface area contributed by atoms with E-state index in [9.17, 15) is 5.21 Å². The predicted octanol–water partition coefficient (Wildman–Crippen LogP) is 0.117. The number of amidine groups is 1. The summed E-state index contributed by atoms with van der Waals surface area (Å²) in [5.41, 5.74) is 1.58. The van der Waals surface area contributed by atoms with Crippen LogP contribution in [0.2, 0.25) is 5.02 Å². The summed E-state index contributed by atoms with van der Waals surface area (Å²) in [4.78, 5) is 8.60. The van der Waals surface area contributed by atoms with Gasteiger partial charge in [-0.1, -0.05) is 41.9 Å². The number of halogens is 1. The third-order valence-electron chi connectivity index (χ3n) is 3.32. The van der Waals surface area contributed by atoms with E-state index in [0.29, 0.717) is 16.6 Å². The van der Waals surface area contributed by atoms with E-state index < -0.39 is 13.4 Å². The minimum absolute atomic E-state index is 0.229. The van der Waals surface area contributed by atoms with E-state index in [1.807, 2.05) is 42.5 Å². The van der Waals surface area contributed by atoms with E-state index in [4.69, 9.17) is 27.6 Å². The molecule has 0 aromatic heterocycles. The van der Waals surface area contributed by atoms with Crippen molar-refractivity contribution in [3.8, 4) is 0 Å². The van der Waals surface area contributed by atoms with Crippen molar-refractivity contribution in [1.82, 2.24) is 5.06 Å². The van der Waals surface area contributed by atoms with E-state index in [1.165, 1.54) is 5.06 Å². The number of rotatable bonds is 1. The fourth-order valence-corrected chi connectivity index (χ4v) is 2.52. The molecule has 3 rings (SSSR count). The van der Waals surface area contributed by atoms with Crippen LogP contribution in [-0.2, 0) is 7.67 Å². The fourth-order valence-electron chi connectivity index (χ4n) is 2.34. The molecule has 8 nitrogen and oxygen atoms in total. The molecular formula is C16H16ClN3O5Se. The van der Waals surface area contributed by atoms with Gasteiger partial charge in [0, 0.05) is 22.9 Å². The van der Waals surface area contributed by atoms with Crippen LogP contribution in [0.3, 0.4) is 0 Å². The van der Waals surface area contributed by atoms with E-state index in [-0.39, 0.29) is 6.54 Å². The first kappa shape index (κ1) is 20.2. The van der Waals surface area contributed by atoms with E-state index in [1.54, 1.807) is 13.1 Å². The third-order valence-corrected chi connectivity index (χ3v) is 3.55. The zero-order valence-electron chi connectivity index (χ0n) is 13.6. The van der Waals surface area contributed by atoms with Crippen molar-refractivity contribution in [3.63, 3.8) is 0 Å². The van der Waals surface area contributed by atoms with Gasteiger partial charge in [-0.2, -0.15) is 0 Å². The Morgan fingerprint density at radius 3 is 2.35 bits per heavy atom. The number of aliphatic imine (C=N–C) groups is 1. The van der Waals surface area contributed by atoms with Crippen LogP contribution in [0.15, 0.2) is 58.5 Å². The Hall–Kier alpha value is -2.13. The Labute approximate surface area is 156 Å². The van der Waals surface area contributed by atoms with Crippen molar-refractivity contribution >= 4 is 36.5 Å². The first-order valence-corrected chi connectivity index (χ1v) is 10.6. The summed E-state index contributed by atoms with van der Waals surface area (Å²) >= 11 is 0.865. The van der Waals surface area contributed by atoms with Crippen molar-refractivity contribution in [1.29, 1.82) is 0 Å². The van der Waals surface area contributed by atoms with Crippen molar-refractivity contribution in [2.75, 3.05) is 13.6 Å². The van der Waals surface area contributed by atoms with Crippen LogP contribution in [0, 0.1) is 0 Å². The Morgan fingerprint density at radius 2 is 1.77 bits per heavy atom. The first-order valence-electron chi connectivity index (χ1n) is 7.25. The number of nitrogens with zero attached hydrogens (tertiary/aromatic N) is 3. The Balaban J connectivity index is 0.000000431. The molecule has 2 aromatic rings. The van der Waals surface area contributed by atoms with Crippen molar-refractivity contribution in [3.05, 3.63) is 69.7 Å². The topological polar surface area (TPSA) is 123 Å². The average molecular weight is 445 g/mol. The Bertz CT molecular complexity index is 1030. The van der Waals surface area contributed by atoms with Gasteiger partial charge >= 0.3 is 29.4 Å². The van der Waals surface area contributed by atoms with Crippen molar-refractivity contribution in [2.45, 2.75) is 0 Å². The average Bonchev–Trinajstić information content (AvgIpc) is 2.69. The van der Waals surface area contributed by atoms with Gasteiger partial charge in [-0.3, -0.25) is 10.2 Å². The van der Waals surface area contributed by atoms with Gasteiger partial charge in [-0.05, 0) is 18.2 Å². The van der Waals surface area contributed by atoms with Crippen LogP contribution in [-0.4, -0.2) is 51.4 Å². The zero-order valence-corrected chi connectivity index (χ0v) is 16.1. The summed E-state index contributed by atoms with van der Waals surface area (Å²) in [6.07, 6.45) is 0. The molecule has 0 spiro atoms. The number of hydroxylamine groups is 2. The van der Waals surface area contributed by atoms with Crippen molar-refractivity contribution < 1.29 is 21.3 Å². The van der Waals surface area contributed by atoms with E-state index in [2.05, 4.69) is 9.98 Å². The van der Waals surface area contributed by atoms with Crippen LogP contribution in [0.25, 0.3) is 5.70 Å². The molecule has 0 amide bonds. The van der Waals surface area contributed by atoms with Crippen molar-refractivity contribution in [2.24, 2.45) is 9.98 Å². The molecule has 1 aliphatic rings. The normalized spacial score (nSPS) is 15.5. The first-order chi connectivity index (χ1) is 12.2. The van der Waals surface area contributed by atoms with Gasteiger partial charge in [-0.15, -0.1) is 0 Å². The van der Waals surface area contributed by atoms with Crippen LogP contribution < -0.4 is 10.6 Å². The molecule has 0 fully saturated rings. The van der Waals surface area contributed by atoms with Gasteiger partial charge in [0.25, 0.3) is 0 Å². The molecule has 0 unspecified atom stereocenters.